The number of benzene rings is 2. The molecule has 5 heteroatoms. The highest BCUT2D eigenvalue weighted by Gasteiger charge is 2.33. The highest BCUT2D eigenvalue weighted by Crippen LogP contribution is 2.30. The first-order valence-corrected chi connectivity index (χ1v) is 10.1. The van der Waals surface area contributed by atoms with Gasteiger partial charge in [0.25, 0.3) is 5.91 Å². The molecule has 29 heavy (non-hydrogen) atoms. The van der Waals surface area contributed by atoms with Crippen molar-refractivity contribution in [1.82, 2.24) is 4.90 Å². The molecule has 0 radical (unpaired) electrons. The van der Waals surface area contributed by atoms with E-state index in [0.29, 0.717) is 16.5 Å². The molecular weight excluding hydrogens is 369 g/mol. The molecule has 0 unspecified atom stereocenters. The highest BCUT2D eigenvalue weighted by molar-refractivity contribution is 5.96. The van der Waals surface area contributed by atoms with Crippen molar-refractivity contribution in [3.05, 3.63) is 82.0 Å². The Bertz CT molecular complexity index is 1090. The van der Waals surface area contributed by atoms with Crippen LogP contribution in [-0.2, 0) is 6.54 Å². The summed E-state index contributed by atoms with van der Waals surface area (Å²) in [5, 5.41) is 0.693. The molecule has 2 aromatic carbocycles. The van der Waals surface area contributed by atoms with Crippen molar-refractivity contribution < 1.29 is 13.6 Å². The maximum absolute atomic E-state index is 14.3. The minimum absolute atomic E-state index is 0.00203. The number of fused-ring (bicyclic) bond motifs is 1. The molecule has 1 heterocycles. The molecule has 4 rings (SSSR count). The molecule has 0 spiro atoms. The molecule has 1 aliphatic carbocycles. The van der Waals surface area contributed by atoms with E-state index < -0.39 is 11.5 Å². The van der Waals surface area contributed by atoms with Gasteiger partial charge in [-0.25, -0.2) is 9.18 Å². The smallest absolute Gasteiger partial charge is 0.349 e. The van der Waals surface area contributed by atoms with Crippen LogP contribution in [0.3, 0.4) is 0 Å². The third kappa shape index (κ3) is 3.95. The van der Waals surface area contributed by atoms with Crippen LogP contribution in [0.15, 0.2) is 63.8 Å². The quantitative estimate of drug-likeness (QED) is 0.576. The predicted molar refractivity (Wildman–Crippen MR) is 110 cm³/mol. The molecule has 2 atom stereocenters. The zero-order chi connectivity index (χ0) is 20.4. The van der Waals surface area contributed by atoms with Gasteiger partial charge in [-0.2, -0.15) is 0 Å². The van der Waals surface area contributed by atoms with Crippen molar-refractivity contribution in [2.75, 3.05) is 0 Å². The molecule has 1 fully saturated rings. The van der Waals surface area contributed by atoms with Crippen LogP contribution < -0.4 is 5.63 Å². The third-order valence-electron chi connectivity index (χ3n) is 5.90. The standard InChI is InChI=1S/C24H24FNO3/c1-16-8-2-6-12-21(16)26(15-18-10-3-5-11-20(18)25)23(27)19-14-17-9-4-7-13-22(17)29-24(19)28/h3-5,7,9-11,13-14,16,21H,2,6,8,12,15H2,1H3/t16-,21-/m0/s1. The summed E-state index contributed by atoms with van der Waals surface area (Å²) in [6.07, 6.45) is 4.00. The van der Waals surface area contributed by atoms with Crippen molar-refractivity contribution in [3.63, 3.8) is 0 Å². The van der Waals surface area contributed by atoms with Crippen molar-refractivity contribution >= 4 is 16.9 Å². The Hall–Kier alpha value is -2.95. The Labute approximate surface area is 169 Å². The van der Waals surface area contributed by atoms with Crippen LogP contribution in [0.25, 0.3) is 11.0 Å². The van der Waals surface area contributed by atoms with Crippen molar-refractivity contribution in [3.8, 4) is 0 Å². The van der Waals surface area contributed by atoms with Crippen LogP contribution in [-0.4, -0.2) is 16.8 Å². The number of rotatable bonds is 4. The lowest BCUT2D eigenvalue weighted by Gasteiger charge is -2.38. The second kappa shape index (κ2) is 8.19. The summed E-state index contributed by atoms with van der Waals surface area (Å²) in [6, 6.07) is 15.1. The molecule has 1 amide bonds. The number of hydrogen-bond acceptors (Lipinski definition) is 3. The summed E-state index contributed by atoms with van der Waals surface area (Å²) in [4.78, 5) is 27.8. The molecule has 0 saturated heterocycles. The van der Waals surface area contributed by atoms with Crippen LogP contribution in [0, 0.1) is 11.7 Å². The van der Waals surface area contributed by atoms with Gasteiger partial charge in [-0.05, 0) is 37.0 Å². The minimum atomic E-state index is -0.657. The van der Waals surface area contributed by atoms with E-state index in [1.165, 1.54) is 6.07 Å². The lowest BCUT2D eigenvalue weighted by Crippen LogP contribution is -2.46. The fourth-order valence-electron chi connectivity index (χ4n) is 4.28. The van der Waals surface area contributed by atoms with Gasteiger partial charge in [-0.3, -0.25) is 4.79 Å². The van der Waals surface area contributed by atoms with Crippen LogP contribution in [0.2, 0.25) is 0 Å². The molecule has 1 aromatic heterocycles. The average molecular weight is 393 g/mol. The van der Waals surface area contributed by atoms with Gasteiger partial charge < -0.3 is 9.32 Å². The summed E-state index contributed by atoms with van der Waals surface area (Å²) < 4.78 is 19.7. The zero-order valence-electron chi connectivity index (χ0n) is 16.4. The maximum atomic E-state index is 14.3. The van der Waals surface area contributed by atoms with Gasteiger partial charge in [0.2, 0.25) is 0 Å². The molecule has 0 aliphatic heterocycles. The van der Waals surface area contributed by atoms with Gasteiger partial charge in [0, 0.05) is 23.5 Å². The van der Waals surface area contributed by atoms with Gasteiger partial charge in [-0.15, -0.1) is 0 Å². The van der Waals surface area contributed by atoms with E-state index in [2.05, 4.69) is 6.92 Å². The van der Waals surface area contributed by atoms with Crippen molar-refractivity contribution in [1.29, 1.82) is 0 Å². The fraction of sp³-hybridized carbons (Fsp3) is 0.333. The van der Waals surface area contributed by atoms with Gasteiger partial charge in [0.05, 0.1) is 0 Å². The molecule has 3 aromatic rings. The molecule has 1 saturated carbocycles. The monoisotopic (exact) mass is 393 g/mol. The molecule has 150 valence electrons. The van der Waals surface area contributed by atoms with E-state index in [4.69, 9.17) is 4.42 Å². The van der Waals surface area contributed by atoms with E-state index in [1.807, 2.05) is 6.07 Å². The molecule has 0 bridgehead atoms. The third-order valence-corrected chi connectivity index (χ3v) is 5.90. The van der Waals surface area contributed by atoms with E-state index in [-0.39, 0.29) is 29.9 Å². The number of carbonyl (C=O) groups excluding carboxylic acids is 1. The lowest BCUT2D eigenvalue weighted by molar-refractivity contribution is 0.0522. The maximum Gasteiger partial charge on any atom is 0.349 e. The fourth-order valence-corrected chi connectivity index (χ4v) is 4.28. The van der Waals surface area contributed by atoms with E-state index in [1.54, 1.807) is 47.4 Å². The van der Waals surface area contributed by atoms with Crippen LogP contribution >= 0.6 is 0 Å². The summed E-state index contributed by atoms with van der Waals surface area (Å²) >= 11 is 0. The number of nitrogens with zero attached hydrogens (tertiary/aromatic N) is 1. The van der Waals surface area contributed by atoms with Crippen molar-refractivity contribution in [2.24, 2.45) is 5.92 Å². The number of hydrogen-bond donors (Lipinski definition) is 0. The van der Waals surface area contributed by atoms with Gasteiger partial charge >= 0.3 is 5.63 Å². The van der Waals surface area contributed by atoms with Crippen LogP contribution in [0.4, 0.5) is 4.39 Å². The Morgan fingerprint density at radius 2 is 1.83 bits per heavy atom. The second-order valence-electron chi connectivity index (χ2n) is 7.84. The predicted octanol–water partition coefficient (Wildman–Crippen LogP) is 5.15. The summed E-state index contributed by atoms with van der Waals surface area (Å²) in [5.41, 5.74) is 0.234. The molecule has 0 N–H and O–H groups in total. The second-order valence-corrected chi connectivity index (χ2v) is 7.84. The number of carbonyl (C=O) groups is 1. The normalized spacial score (nSPS) is 19.2. The van der Waals surface area contributed by atoms with Crippen LogP contribution in [0.1, 0.15) is 48.5 Å². The molecule has 4 nitrogen and oxygen atoms in total. The lowest BCUT2D eigenvalue weighted by atomic mass is 9.84. The van der Waals surface area contributed by atoms with E-state index in [9.17, 15) is 14.0 Å². The zero-order valence-corrected chi connectivity index (χ0v) is 16.4. The molecular formula is C24H24FNO3. The Morgan fingerprint density at radius 1 is 1.10 bits per heavy atom. The van der Waals surface area contributed by atoms with Crippen LogP contribution in [0.5, 0.6) is 0 Å². The molecule has 1 aliphatic rings. The average Bonchev–Trinajstić information content (AvgIpc) is 2.73. The highest BCUT2D eigenvalue weighted by atomic mass is 19.1. The summed E-state index contributed by atoms with van der Waals surface area (Å²) in [5.74, 6) is -0.460. The first-order valence-electron chi connectivity index (χ1n) is 10.1. The van der Waals surface area contributed by atoms with Crippen molar-refractivity contribution in [2.45, 2.75) is 45.2 Å². The number of halogens is 1. The first kappa shape index (κ1) is 19.4. The minimum Gasteiger partial charge on any atom is -0.422 e. The Morgan fingerprint density at radius 3 is 2.62 bits per heavy atom. The summed E-state index contributed by atoms with van der Waals surface area (Å²) in [7, 11) is 0. The SMILES string of the molecule is C[C@H]1CCCC[C@@H]1N(Cc1ccccc1F)C(=O)c1cc2ccccc2oc1=O. The van der Waals surface area contributed by atoms with E-state index in [0.717, 1.165) is 25.7 Å². The first-order chi connectivity index (χ1) is 14.0. The van der Waals surface area contributed by atoms with Gasteiger partial charge in [0.1, 0.15) is 17.0 Å². The summed E-state index contributed by atoms with van der Waals surface area (Å²) in [6.45, 7) is 2.25. The number of amides is 1. The van der Waals surface area contributed by atoms with Gasteiger partial charge in [-0.1, -0.05) is 56.2 Å². The van der Waals surface area contributed by atoms with Gasteiger partial charge in [0.15, 0.2) is 0 Å². The Kier molecular flexibility index (Phi) is 5.47. The Balaban J connectivity index is 1.76. The number of para-hydroxylation sites is 1. The largest absolute Gasteiger partial charge is 0.422 e. The topological polar surface area (TPSA) is 50.5 Å². The van der Waals surface area contributed by atoms with E-state index >= 15 is 0 Å².